The molecular formula is C15H20N2O3. The van der Waals surface area contributed by atoms with E-state index in [1.165, 1.54) is 0 Å². The van der Waals surface area contributed by atoms with Crippen molar-refractivity contribution in [3.05, 3.63) is 35.9 Å². The van der Waals surface area contributed by atoms with Crippen molar-refractivity contribution >= 4 is 11.8 Å². The van der Waals surface area contributed by atoms with Crippen LogP contribution in [0.1, 0.15) is 19.4 Å². The highest BCUT2D eigenvalue weighted by Crippen LogP contribution is 2.30. The summed E-state index contributed by atoms with van der Waals surface area (Å²) in [6.07, 6.45) is 0. The minimum atomic E-state index is -0.978. The molecule has 1 atom stereocenters. The molecular weight excluding hydrogens is 256 g/mol. The largest absolute Gasteiger partial charge is 0.380 e. The number of carbonyl (C=O) groups excluding carboxylic acids is 2. The van der Waals surface area contributed by atoms with Crippen molar-refractivity contribution in [1.29, 1.82) is 0 Å². The van der Waals surface area contributed by atoms with Gasteiger partial charge < -0.3 is 15.0 Å². The molecule has 0 spiro atoms. The molecule has 0 aliphatic carbocycles. The zero-order valence-electron chi connectivity index (χ0n) is 11.9. The molecule has 20 heavy (non-hydrogen) atoms. The van der Waals surface area contributed by atoms with Crippen LogP contribution in [-0.4, -0.2) is 43.0 Å². The van der Waals surface area contributed by atoms with Crippen LogP contribution in [0.25, 0.3) is 0 Å². The lowest BCUT2D eigenvalue weighted by Crippen LogP contribution is -2.64. The number of rotatable bonds is 5. The zero-order valence-corrected chi connectivity index (χ0v) is 11.9. The van der Waals surface area contributed by atoms with Gasteiger partial charge in [0.2, 0.25) is 5.91 Å². The van der Waals surface area contributed by atoms with Crippen LogP contribution >= 0.6 is 0 Å². The van der Waals surface area contributed by atoms with Gasteiger partial charge in [0, 0.05) is 13.2 Å². The van der Waals surface area contributed by atoms with E-state index in [9.17, 15) is 9.59 Å². The first-order valence-electron chi connectivity index (χ1n) is 6.82. The van der Waals surface area contributed by atoms with Crippen LogP contribution in [0.15, 0.2) is 30.3 Å². The summed E-state index contributed by atoms with van der Waals surface area (Å²) in [5.74, 6) is -0.240. The molecule has 0 aromatic heterocycles. The lowest BCUT2D eigenvalue weighted by molar-refractivity contribution is -0.154. The van der Waals surface area contributed by atoms with Crippen molar-refractivity contribution in [1.82, 2.24) is 10.2 Å². The number of hydrogen-bond acceptors (Lipinski definition) is 3. The van der Waals surface area contributed by atoms with E-state index in [-0.39, 0.29) is 18.4 Å². The molecule has 5 nitrogen and oxygen atoms in total. The van der Waals surface area contributed by atoms with Crippen LogP contribution < -0.4 is 5.32 Å². The molecule has 1 aliphatic rings. The van der Waals surface area contributed by atoms with E-state index in [4.69, 9.17) is 4.74 Å². The van der Waals surface area contributed by atoms with E-state index in [1.54, 1.807) is 11.8 Å². The first-order valence-corrected chi connectivity index (χ1v) is 6.82. The third-order valence-corrected chi connectivity index (χ3v) is 3.68. The Morgan fingerprint density at radius 2 is 2.00 bits per heavy atom. The minimum absolute atomic E-state index is 0.0490. The quantitative estimate of drug-likeness (QED) is 0.813. The van der Waals surface area contributed by atoms with E-state index >= 15 is 0 Å². The van der Waals surface area contributed by atoms with Crippen LogP contribution in [0.5, 0.6) is 0 Å². The number of piperazine rings is 1. The van der Waals surface area contributed by atoms with Crippen molar-refractivity contribution in [2.24, 2.45) is 0 Å². The zero-order chi connectivity index (χ0) is 14.6. The van der Waals surface area contributed by atoms with Gasteiger partial charge in [-0.15, -0.1) is 0 Å². The number of hydrogen-bond donors (Lipinski definition) is 1. The van der Waals surface area contributed by atoms with Gasteiger partial charge in [-0.2, -0.15) is 0 Å². The van der Waals surface area contributed by atoms with Crippen LogP contribution in [0.2, 0.25) is 0 Å². The standard InChI is InChI=1S/C15H20N2O3/c1-3-20-10-9-17-13(18)11-16-14(19)15(17,2)12-7-5-4-6-8-12/h4-8H,3,9-11H2,1-2H3,(H,16,19). The molecule has 1 aromatic carbocycles. The Hall–Kier alpha value is -1.88. The maximum Gasteiger partial charge on any atom is 0.250 e. The van der Waals surface area contributed by atoms with Gasteiger partial charge in [0.1, 0.15) is 5.54 Å². The fourth-order valence-electron chi connectivity index (χ4n) is 2.49. The predicted molar refractivity (Wildman–Crippen MR) is 75.0 cm³/mol. The van der Waals surface area contributed by atoms with Crippen LogP contribution in [0, 0.1) is 0 Å². The number of ether oxygens (including phenoxy) is 1. The lowest BCUT2D eigenvalue weighted by atomic mass is 9.87. The smallest absolute Gasteiger partial charge is 0.250 e. The third-order valence-electron chi connectivity index (χ3n) is 3.68. The Morgan fingerprint density at radius 3 is 2.65 bits per heavy atom. The van der Waals surface area contributed by atoms with Crippen LogP contribution in [0.4, 0.5) is 0 Å². The minimum Gasteiger partial charge on any atom is -0.380 e. The maximum atomic E-state index is 12.4. The first-order chi connectivity index (χ1) is 9.60. The van der Waals surface area contributed by atoms with Crippen LogP contribution in [-0.2, 0) is 19.9 Å². The monoisotopic (exact) mass is 276 g/mol. The Balaban J connectivity index is 2.32. The average molecular weight is 276 g/mol. The van der Waals surface area contributed by atoms with E-state index < -0.39 is 5.54 Å². The highest BCUT2D eigenvalue weighted by molar-refractivity contribution is 5.98. The Bertz CT molecular complexity index is 489. The summed E-state index contributed by atoms with van der Waals surface area (Å²) in [6.45, 7) is 5.16. The van der Waals surface area contributed by atoms with Gasteiger partial charge in [-0.1, -0.05) is 30.3 Å². The SMILES string of the molecule is CCOCCN1C(=O)CNC(=O)C1(C)c1ccccc1. The summed E-state index contributed by atoms with van der Waals surface area (Å²) in [4.78, 5) is 26.1. The molecule has 2 amide bonds. The molecule has 0 saturated carbocycles. The molecule has 1 aromatic rings. The van der Waals surface area contributed by atoms with E-state index in [2.05, 4.69) is 5.32 Å². The average Bonchev–Trinajstić information content (AvgIpc) is 2.48. The number of amides is 2. The summed E-state index contributed by atoms with van der Waals surface area (Å²) in [6, 6.07) is 9.36. The van der Waals surface area contributed by atoms with E-state index in [0.29, 0.717) is 19.8 Å². The molecule has 108 valence electrons. The molecule has 1 fully saturated rings. The predicted octanol–water partition coefficient (Wildman–Crippen LogP) is 0.897. The molecule has 1 unspecified atom stereocenters. The van der Waals surface area contributed by atoms with Gasteiger partial charge in [-0.3, -0.25) is 9.59 Å². The highest BCUT2D eigenvalue weighted by Gasteiger charge is 2.46. The summed E-state index contributed by atoms with van der Waals surface area (Å²) >= 11 is 0. The number of benzene rings is 1. The molecule has 1 saturated heterocycles. The van der Waals surface area contributed by atoms with Gasteiger partial charge in [0.15, 0.2) is 0 Å². The lowest BCUT2D eigenvalue weighted by Gasteiger charge is -2.43. The summed E-state index contributed by atoms with van der Waals surface area (Å²) in [5.41, 5.74) is -0.171. The fourth-order valence-corrected chi connectivity index (χ4v) is 2.49. The van der Waals surface area contributed by atoms with Crippen molar-refractivity contribution < 1.29 is 14.3 Å². The highest BCUT2D eigenvalue weighted by atomic mass is 16.5. The van der Waals surface area contributed by atoms with Gasteiger partial charge in [-0.25, -0.2) is 0 Å². The first kappa shape index (κ1) is 14.5. The fraction of sp³-hybridized carbons (Fsp3) is 0.467. The van der Waals surface area contributed by atoms with E-state index in [1.807, 2.05) is 37.3 Å². The Morgan fingerprint density at radius 1 is 1.30 bits per heavy atom. The summed E-state index contributed by atoms with van der Waals surface area (Å²) in [7, 11) is 0. The van der Waals surface area contributed by atoms with Gasteiger partial charge in [0.05, 0.1) is 13.2 Å². The number of nitrogens with zero attached hydrogens (tertiary/aromatic N) is 1. The number of carbonyl (C=O) groups is 2. The van der Waals surface area contributed by atoms with E-state index in [0.717, 1.165) is 5.56 Å². The maximum absolute atomic E-state index is 12.4. The van der Waals surface area contributed by atoms with Crippen molar-refractivity contribution in [3.63, 3.8) is 0 Å². The second kappa shape index (κ2) is 6.05. The van der Waals surface area contributed by atoms with Gasteiger partial charge in [-0.05, 0) is 19.4 Å². The second-order valence-electron chi connectivity index (χ2n) is 4.86. The molecule has 0 radical (unpaired) electrons. The Kier molecular flexibility index (Phi) is 4.39. The topological polar surface area (TPSA) is 58.6 Å². The molecule has 1 heterocycles. The Labute approximate surface area is 118 Å². The molecule has 0 bridgehead atoms. The molecule has 2 rings (SSSR count). The van der Waals surface area contributed by atoms with Gasteiger partial charge in [0.25, 0.3) is 5.91 Å². The van der Waals surface area contributed by atoms with Crippen molar-refractivity contribution in [2.45, 2.75) is 19.4 Å². The molecule has 1 aliphatic heterocycles. The second-order valence-corrected chi connectivity index (χ2v) is 4.86. The van der Waals surface area contributed by atoms with Crippen molar-refractivity contribution in [2.75, 3.05) is 26.3 Å². The third kappa shape index (κ3) is 2.54. The van der Waals surface area contributed by atoms with Gasteiger partial charge >= 0.3 is 0 Å². The van der Waals surface area contributed by atoms with Crippen LogP contribution in [0.3, 0.4) is 0 Å². The summed E-state index contributed by atoms with van der Waals surface area (Å²) in [5, 5.41) is 2.67. The molecule has 1 N–H and O–H groups in total. The summed E-state index contributed by atoms with van der Waals surface area (Å²) < 4.78 is 5.32. The van der Waals surface area contributed by atoms with Crippen molar-refractivity contribution in [3.8, 4) is 0 Å². The number of nitrogens with one attached hydrogen (secondary N) is 1. The molecule has 5 heteroatoms. The normalized spacial score (nSPS) is 22.8.